The van der Waals surface area contributed by atoms with Crippen LogP contribution in [0.5, 0.6) is 0 Å². The maximum Gasteiger partial charge on any atom is 0.164 e. The van der Waals surface area contributed by atoms with Crippen molar-refractivity contribution in [3.8, 4) is 17.5 Å². The molecule has 68 valence electrons. The van der Waals surface area contributed by atoms with Gasteiger partial charge < -0.3 is 10.2 Å². The zero-order chi connectivity index (χ0) is 9.97. The highest BCUT2D eigenvalue weighted by atomic mass is 16.3. The summed E-state index contributed by atoms with van der Waals surface area (Å²) in [6.45, 7) is 0. The lowest BCUT2D eigenvalue weighted by Crippen LogP contribution is -1.98. The normalized spacial score (nSPS) is 9.64. The molecule has 0 saturated heterocycles. The Hall–Kier alpha value is -2.35. The first kappa shape index (κ1) is 8.26. The van der Waals surface area contributed by atoms with E-state index in [0.717, 1.165) is 5.56 Å². The van der Waals surface area contributed by atoms with E-state index >= 15 is 0 Å². The largest absolute Gasteiger partial charge is 0.472 e. The topological polar surface area (TPSA) is 88.7 Å². The maximum absolute atomic E-state index is 8.61. The lowest BCUT2D eigenvalue weighted by molar-refractivity contribution is 0.568. The van der Waals surface area contributed by atoms with Crippen molar-refractivity contribution in [3.63, 3.8) is 0 Å². The van der Waals surface area contributed by atoms with E-state index in [1.807, 2.05) is 6.07 Å². The van der Waals surface area contributed by atoms with Crippen molar-refractivity contribution in [2.24, 2.45) is 0 Å². The van der Waals surface area contributed by atoms with Crippen molar-refractivity contribution in [1.29, 1.82) is 5.26 Å². The molecule has 5 nitrogen and oxygen atoms in total. The lowest BCUT2D eigenvalue weighted by atomic mass is 10.3. The molecule has 2 rings (SSSR count). The summed E-state index contributed by atoms with van der Waals surface area (Å²) < 4.78 is 4.88. The van der Waals surface area contributed by atoms with Crippen LogP contribution in [0, 0.1) is 11.3 Å². The predicted molar refractivity (Wildman–Crippen MR) is 48.9 cm³/mol. The Balaban J connectivity index is 2.49. The van der Waals surface area contributed by atoms with Gasteiger partial charge in [0.1, 0.15) is 23.7 Å². The molecule has 0 saturated carbocycles. The molecule has 0 aliphatic rings. The molecule has 2 aromatic rings. The number of nitriles is 1. The Kier molecular flexibility index (Phi) is 1.88. The summed E-state index contributed by atoms with van der Waals surface area (Å²) in [6, 6.07) is 3.62. The Morgan fingerprint density at radius 1 is 1.50 bits per heavy atom. The van der Waals surface area contributed by atoms with Crippen molar-refractivity contribution in [1.82, 2.24) is 9.97 Å². The van der Waals surface area contributed by atoms with Gasteiger partial charge in [-0.25, -0.2) is 9.97 Å². The molecule has 0 atom stereocenters. The first-order valence-electron chi connectivity index (χ1n) is 3.86. The monoisotopic (exact) mass is 186 g/mol. The van der Waals surface area contributed by atoms with E-state index in [1.165, 1.54) is 18.7 Å². The van der Waals surface area contributed by atoms with Gasteiger partial charge in [-0.3, -0.25) is 0 Å². The van der Waals surface area contributed by atoms with Crippen molar-refractivity contribution in [2.75, 3.05) is 5.73 Å². The summed E-state index contributed by atoms with van der Waals surface area (Å²) in [5, 5.41) is 8.61. The molecule has 2 N–H and O–H groups in total. The number of rotatable bonds is 1. The van der Waals surface area contributed by atoms with E-state index in [2.05, 4.69) is 9.97 Å². The minimum atomic E-state index is 0.179. The van der Waals surface area contributed by atoms with Crippen LogP contribution in [0.4, 0.5) is 5.82 Å². The quantitative estimate of drug-likeness (QED) is 0.722. The van der Waals surface area contributed by atoms with Crippen LogP contribution in [0.2, 0.25) is 0 Å². The smallest absolute Gasteiger partial charge is 0.164 e. The van der Waals surface area contributed by atoms with Crippen molar-refractivity contribution < 1.29 is 4.42 Å². The van der Waals surface area contributed by atoms with Crippen molar-refractivity contribution >= 4 is 5.82 Å². The van der Waals surface area contributed by atoms with Gasteiger partial charge >= 0.3 is 0 Å². The Labute approximate surface area is 79.8 Å². The SMILES string of the molecule is N#Cc1cnc(-c2ccoc2)nc1N. The van der Waals surface area contributed by atoms with Crippen LogP contribution in [0.3, 0.4) is 0 Å². The summed E-state index contributed by atoms with van der Waals surface area (Å²) in [5.74, 6) is 0.633. The van der Waals surface area contributed by atoms with Crippen LogP contribution in [-0.4, -0.2) is 9.97 Å². The molecule has 0 radical (unpaired) electrons. The van der Waals surface area contributed by atoms with Crippen LogP contribution in [-0.2, 0) is 0 Å². The standard InChI is InChI=1S/C9H6N4O/c10-3-7-4-12-9(13-8(7)11)6-1-2-14-5-6/h1-2,4-5H,(H2,11,12,13). The number of furan rings is 1. The number of hydrogen-bond donors (Lipinski definition) is 1. The van der Waals surface area contributed by atoms with Crippen LogP contribution >= 0.6 is 0 Å². The average molecular weight is 186 g/mol. The van der Waals surface area contributed by atoms with Gasteiger partial charge in [0.15, 0.2) is 5.82 Å². The van der Waals surface area contributed by atoms with Crippen LogP contribution < -0.4 is 5.73 Å². The van der Waals surface area contributed by atoms with Crippen LogP contribution in [0.1, 0.15) is 5.56 Å². The summed E-state index contributed by atoms with van der Waals surface area (Å²) >= 11 is 0. The van der Waals surface area contributed by atoms with Crippen molar-refractivity contribution in [3.05, 3.63) is 30.4 Å². The van der Waals surface area contributed by atoms with Gasteiger partial charge in [-0.2, -0.15) is 5.26 Å². The van der Waals surface area contributed by atoms with E-state index < -0.39 is 0 Å². The fraction of sp³-hybridized carbons (Fsp3) is 0. The van der Waals surface area contributed by atoms with Gasteiger partial charge in [0.25, 0.3) is 0 Å². The molecule has 5 heteroatoms. The fourth-order valence-electron chi connectivity index (χ4n) is 1.01. The Morgan fingerprint density at radius 3 is 2.93 bits per heavy atom. The highest BCUT2D eigenvalue weighted by Gasteiger charge is 2.05. The van der Waals surface area contributed by atoms with Crippen LogP contribution in [0.25, 0.3) is 11.4 Å². The summed E-state index contributed by atoms with van der Waals surface area (Å²) in [5.41, 5.74) is 6.55. The molecule has 2 heterocycles. The van der Waals surface area contributed by atoms with Gasteiger partial charge in [0.05, 0.1) is 18.0 Å². The third kappa shape index (κ3) is 1.29. The molecule has 0 spiro atoms. The number of aromatic nitrogens is 2. The highest BCUT2D eigenvalue weighted by Crippen LogP contribution is 2.16. The molecular weight excluding hydrogens is 180 g/mol. The first-order chi connectivity index (χ1) is 6.81. The second-order valence-electron chi connectivity index (χ2n) is 2.62. The van der Waals surface area contributed by atoms with Gasteiger partial charge in [-0.1, -0.05) is 0 Å². The maximum atomic E-state index is 8.61. The highest BCUT2D eigenvalue weighted by molar-refractivity contribution is 5.57. The van der Waals surface area contributed by atoms with E-state index in [-0.39, 0.29) is 11.4 Å². The molecule has 14 heavy (non-hydrogen) atoms. The van der Waals surface area contributed by atoms with Gasteiger partial charge in [0, 0.05) is 0 Å². The fourth-order valence-corrected chi connectivity index (χ4v) is 1.01. The van der Waals surface area contributed by atoms with Gasteiger partial charge in [-0.15, -0.1) is 0 Å². The Bertz CT molecular complexity index is 484. The molecule has 0 amide bonds. The number of nitrogens with two attached hydrogens (primary N) is 1. The molecule has 0 aliphatic carbocycles. The number of anilines is 1. The third-order valence-electron chi connectivity index (χ3n) is 1.72. The number of nitrogens with zero attached hydrogens (tertiary/aromatic N) is 3. The molecule has 0 unspecified atom stereocenters. The number of nitrogen functional groups attached to an aromatic ring is 1. The second-order valence-corrected chi connectivity index (χ2v) is 2.62. The molecule has 0 aromatic carbocycles. The minimum Gasteiger partial charge on any atom is -0.472 e. The van der Waals surface area contributed by atoms with E-state index in [0.29, 0.717) is 5.82 Å². The zero-order valence-corrected chi connectivity index (χ0v) is 7.14. The Morgan fingerprint density at radius 2 is 2.36 bits per heavy atom. The zero-order valence-electron chi connectivity index (χ0n) is 7.14. The van der Waals surface area contributed by atoms with E-state index in [1.54, 1.807) is 6.07 Å². The minimum absolute atomic E-state index is 0.179. The lowest BCUT2D eigenvalue weighted by Gasteiger charge is -1.98. The van der Waals surface area contributed by atoms with E-state index in [4.69, 9.17) is 15.4 Å². The molecular formula is C9H6N4O. The predicted octanol–water partition coefficient (Wildman–Crippen LogP) is 1.19. The van der Waals surface area contributed by atoms with E-state index in [9.17, 15) is 0 Å². The second kappa shape index (κ2) is 3.18. The van der Waals surface area contributed by atoms with Crippen LogP contribution in [0.15, 0.2) is 29.2 Å². The van der Waals surface area contributed by atoms with Gasteiger partial charge in [0.2, 0.25) is 0 Å². The van der Waals surface area contributed by atoms with Gasteiger partial charge in [-0.05, 0) is 6.07 Å². The van der Waals surface area contributed by atoms with Crippen molar-refractivity contribution in [2.45, 2.75) is 0 Å². The molecule has 0 aliphatic heterocycles. The molecule has 2 aromatic heterocycles. The summed E-state index contributed by atoms with van der Waals surface area (Å²) in [6.07, 6.45) is 4.43. The average Bonchev–Trinajstić information content (AvgIpc) is 2.70. The third-order valence-corrected chi connectivity index (χ3v) is 1.72. The summed E-state index contributed by atoms with van der Waals surface area (Å²) in [7, 11) is 0. The first-order valence-corrected chi connectivity index (χ1v) is 3.86. The number of hydrogen-bond acceptors (Lipinski definition) is 5. The summed E-state index contributed by atoms with van der Waals surface area (Å²) in [4.78, 5) is 7.95. The molecule has 0 fully saturated rings. The molecule has 0 bridgehead atoms.